The number of halogens is 1. The van der Waals surface area contributed by atoms with Gasteiger partial charge in [0, 0.05) is 32.7 Å². The zero-order valence-electron chi connectivity index (χ0n) is 15.1. The molecule has 1 saturated carbocycles. The van der Waals surface area contributed by atoms with Crippen LogP contribution in [0.15, 0.2) is 53.4 Å². The highest BCUT2D eigenvalue weighted by Gasteiger charge is 2.47. The van der Waals surface area contributed by atoms with Gasteiger partial charge in [-0.15, -0.1) is 0 Å². The summed E-state index contributed by atoms with van der Waals surface area (Å²) in [7, 11) is -3.34. The van der Waals surface area contributed by atoms with E-state index in [-0.39, 0.29) is 5.82 Å². The molecule has 0 radical (unpaired) electrons. The Bertz CT molecular complexity index is 960. The smallest absolute Gasteiger partial charge is 0.243 e. The van der Waals surface area contributed by atoms with Crippen molar-refractivity contribution in [2.75, 3.05) is 26.2 Å². The second-order valence-corrected chi connectivity index (χ2v) is 9.93. The van der Waals surface area contributed by atoms with Crippen molar-refractivity contribution in [3.8, 4) is 0 Å². The average Bonchev–Trinajstić information content (AvgIpc) is 3.10. The Morgan fingerprint density at radius 3 is 2.56 bits per heavy atom. The molecule has 0 spiro atoms. The number of hydrogen-bond acceptors (Lipinski definition) is 3. The summed E-state index contributed by atoms with van der Waals surface area (Å²) in [6.07, 6.45) is 1.15. The van der Waals surface area contributed by atoms with Gasteiger partial charge in [-0.2, -0.15) is 4.31 Å². The van der Waals surface area contributed by atoms with Gasteiger partial charge in [-0.05, 0) is 53.5 Å². The van der Waals surface area contributed by atoms with Crippen LogP contribution in [-0.4, -0.2) is 43.8 Å². The molecule has 27 heavy (non-hydrogen) atoms. The topological polar surface area (TPSA) is 40.6 Å². The summed E-state index contributed by atoms with van der Waals surface area (Å²) < 4.78 is 40.1. The van der Waals surface area contributed by atoms with Gasteiger partial charge < -0.3 is 4.90 Å². The molecule has 4 nitrogen and oxygen atoms in total. The average molecular weight is 386 g/mol. The SMILES string of the molecule is O=S1(=O)c2ccccc2CN1CCN1C[C@H]2C[C@H](c3ccc(F)cc3)[C@H]2C1. The molecule has 5 rings (SSSR count). The first-order chi connectivity index (χ1) is 13.0. The normalized spacial score (nSPS) is 29.3. The summed E-state index contributed by atoms with van der Waals surface area (Å²) in [6.45, 7) is 3.85. The van der Waals surface area contributed by atoms with Crippen LogP contribution in [0.1, 0.15) is 23.5 Å². The zero-order chi connectivity index (χ0) is 18.6. The van der Waals surface area contributed by atoms with E-state index >= 15 is 0 Å². The second kappa shape index (κ2) is 6.40. The molecular formula is C21H23FN2O2S. The van der Waals surface area contributed by atoms with Crippen molar-refractivity contribution >= 4 is 10.0 Å². The van der Waals surface area contributed by atoms with Crippen LogP contribution in [0.2, 0.25) is 0 Å². The van der Waals surface area contributed by atoms with Gasteiger partial charge in [0.05, 0.1) is 4.90 Å². The molecular weight excluding hydrogens is 363 g/mol. The minimum absolute atomic E-state index is 0.185. The van der Waals surface area contributed by atoms with E-state index in [2.05, 4.69) is 4.90 Å². The van der Waals surface area contributed by atoms with Gasteiger partial charge in [-0.1, -0.05) is 30.3 Å². The van der Waals surface area contributed by atoms with E-state index in [1.54, 1.807) is 28.6 Å². The highest BCUT2D eigenvalue weighted by Crippen LogP contribution is 2.51. The van der Waals surface area contributed by atoms with Crippen LogP contribution < -0.4 is 0 Å². The Kier molecular flexibility index (Phi) is 4.11. The highest BCUT2D eigenvalue weighted by atomic mass is 32.2. The molecule has 3 aliphatic rings. The number of benzene rings is 2. The van der Waals surface area contributed by atoms with Crippen LogP contribution in [-0.2, 0) is 16.6 Å². The number of rotatable bonds is 4. The molecule has 2 heterocycles. The molecule has 6 heteroatoms. The lowest BCUT2D eigenvalue weighted by Gasteiger charge is -2.40. The number of likely N-dealkylation sites (tertiary alicyclic amines) is 1. The second-order valence-electron chi connectivity index (χ2n) is 8.02. The summed E-state index contributed by atoms with van der Waals surface area (Å²) in [4.78, 5) is 2.86. The van der Waals surface area contributed by atoms with Crippen LogP contribution in [0.3, 0.4) is 0 Å². The van der Waals surface area contributed by atoms with Crippen molar-refractivity contribution in [1.82, 2.24) is 9.21 Å². The minimum atomic E-state index is -3.34. The summed E-state index contributed by atoms with van der Waals surface area (Å²) in [5.41, 5.74) is 2.13. The minimum Gasteiger partial charge on any atom is -0.301 e. The van der Waals surface area contributed by atoms with E-state index in [0.717, 1.165) is 31.6 Å². The lowest BCUT2D eigenvalue weighted by Crippen LogP contribution is -2.34. The van der Waals surface area contributed by atoms with Gasteiger partial charge in [0.1, 0.15) is 5.82 Å². The summed E-state index contributed by atoms with van der Waals surface area (Å²) in [5, 5.41) is 0. The van der Waals surface area contributed by atoms with Gasteiger partial charge in [-0.3, -0.25) is 0 Å². The number of hydrogen-bond donors (Lipinski definition) is 0. The first kappa shape index (κ1) is 17.3. The summed E-state index contributed by atoms with van der Waals surface area (Å²) in [5.74, 6) is 1.63. The largest absolute Gasteiger partial charge is 0.301 e. The predicted molar refractivity (Wildman–Crippen MR) is 101 cm³/mol. The molecule has 2 aliphatic heterocycles. The third-order valence-corrected chi connectivity index (χ3v) is 8.49. The summed E-state index contributed by atoms with van der Waals surface area (Å²) in [6, 6.07) is 14.2. The van der Waals surface area contributed by atoms with Gasteiger partial charge >= 0.3 is 0 Å². The van der Waals surface area contributed by atoms with Crippen molar-refractivity contribution in [1.29, 1.82) is 0 Å². The van der Waals surface area contributed by atoms with Crippen LogP contribution in [0.25, 0.3) is 0 Å². The van der Waals surface area contributed by atoms with Gasteiger partial charge in [-0.25, -0.2) is 12.8 Å². The molecule has 0 amide bonds. The Morgan fingerprint density at radius 1 is 1.00 bits per heavy atom. The summed E-state index contributed by atoms with van der Waals surface area (Å²) >= 11 is 0. The number of nitrogens with zero attached hydrogens (tertiary/aromatic N) is 2. The first-order valence-corrected chi connectivity index (χ1v) is 11.0. The molecule has 142 valence electrons. The fourth-order valence-electron chi connectivity index (χ4n) is 5.03. The van der Waals surface area contributed by atoms with Crippen molar-refractivity contribution in [3.63, 3.8) is 0 Å². The molecule has 1 saturated heterocycles. The van der Waals surface area contributed by atoms with Gasteiger partial charge in [0.2, 0.25) is 10.0 Å². The van der Waals surface area contributed by atoms with Crippen LogP contribution in [0.4, 0.5) is 4.39 Å². The molecule has 3 atom stereocenters. The van der Waals surface area contributed by atoms with Gasteiger partial charge in [0.15, 0.2) is 0 Å². The maximum Gasteiger partial charge on any atom is 0.243 e. The molecule has 0 N–H and O–H groups in total. The quantitative estimate of drug-likeness (QED) is 0.811. The molecule has 0 unspecified atom stereocenters. The maximum absolute atomic E-state index is 13.1. The van der Waals surface area contributed by atoms with E-state index in [1.165, 1.54) is 5.56 Å². The van der Waals surface area contributed by atoms with E-state index in [9.17, 15) is 12.8 Å². The van der Waals surface area contributed by atoms with Crippen LogP contribution in [0.5, 0.6) is 0 Å². The number of fused-ring (bicyclic) bond motifs is 2. The standard InChI is InChI=1S/C21H23FN2O2S/c22-18-7-5-15(6-8-18)19-11-17-12-23(14-20(17)19)9-10-24-13-16-3-1-2-4-21(16)27(24,25)26/h1-8,17,19-20H,9-14H2/t17-,19-,20+/m1/s1. The molecule has 0 aromatic heterocycles. The van der Waals surface area contributed by atoms with E-state index in [1.807, 2.05) is 24.3 Å². The highest BCUT2D eigenvalue weighted by molar-refractivity contribution is 7.89. The fourth-order valence-corrected chi connectivity index (χ4v) is 6.65. The zero-order valence-corrected chi connectivity index (χ0v) is 15.9. The molecule has 2 fully saturated rings. The van der Waals surface area contributed by atoms with Gasteiger partial charge in [0.25, 0.3) is 0 Å². The van der Waals surface area contributed by atoms with Crippen molar-refractivity contribution in [3.05, 3.63) is 65.5 Å². The van der Waals surface area contributed by atoms with Crippen LogP contribution in [0, 0.1) is 17.7 Å². The lowest BCUT2D eigenvalue weighted by atomic mass is 9.64. The Balaban J connectivity index is 1.20. The van der Waals surface area contributed by atoms with Crippen LogP contribution >= 0.6 is 0 Å². The number of sulfonamides is 1. The van der Waals surface area contributed by atoms with Crippen molar-refractivity contribution < 1.29 is 12.8 Å². The van der Waals surface area contributed by atoms with E-state index < -0.39 is 10.0 Å². The molecule has 2 aromatic rings. The van der Waals surface area contributed by atoms with E-state index in [0.29, 0.717) is 35.7 Å². The molecule has 0 bridgehead atoms. The predicted octanol–water partition coefficient (Wildman–Crippen LogP) is 3.07. The van der Waals surface area contributed by atoms with Crippen molar-refractivity contribution in [2.45, 2.75) is 23.8 Å². The lowest BCUT2D eigenvalue weighted by molar-refractivity contribution is 0.191. The Hall–Kier alpha value is -1.76. The Labute approximate surface area is 159 Å². The maximum atomic E-state index is 13.1. The monoisotopic (exact) mass is 386 g/mol. The Morgan fingerprint density at radius 2 is 1.78 bits per heavy atom. The third-order valence-electron chi connectivity index (χ3n) is 6.54. The third kappa shape index (κ3) is 2.91. The fraction of sp³-hybridized carbons (Fsp3) is 0.429. The first-order valence-electron chi connectivity index (χ1n) is 9.58. The van der Waals surface area contributed by atoms with Crippen molar-refractivity contribution in [2.24, 2.45) is 11.8 Å². The molecule has 1 aliphatic carbocycles. The van der Waals surface area contributed by atoms with E-state index in [4.69, 9.17) is 0 Å². The molecule has 2 aromatic carbocycles.